The minimum atomic E-state index is -0.611. The molecule has 0 saturated heterocycles. The van der Waals surface area contributed by atoms with Gasteiger partial charge in [-0.3, -0.25) is 9.59 Å². The summed E-state index contributed by atoms with van der Waals surface area (Å²) in [6.45, 7) is 3.72. The number of carbonyl (C=O) groups is 2. The van der Waals surface area contributed by atoms with E-state index < -0.39 is 12.2 Å². The van der Waals surface area contributed by atoms with Gasteiger partial charge in [0.05, 0.1) is 24.0 Å². The largest absolute Gasteiger partial charge is 0.463 e. The third-order valence-corrected chi connectivity index (χ3v) is 4.17. The van der Waals surface area contributed by atoms with Crippen LogP contribution in [0.15, 0.2) is 0 Å². The van der Waals surface area contributed by atoms with Gasteiger partial charge in [-0.15, -0.1) is 0 Å². The fourth-order valence-corrected chi connectivity index (χ4v) is 2.39. The Balaban J connectivity index is 2.27. The van der Waals surface area contributed by atoms with E-state index >= 15 is 0 Å². The van der Waals surface area contributed by atoms with Crippen molar-refractivity contribution in [2.75, 3.05) is 13.2 Å². The molecule has 0 spiro atoms. The summed E-state index contributed by atoms with van der Waals surface area (Å²) in [6.07, 6.45) is 2.26. The lowest BCUT2D eigenvalue weighted by molar-refractivity contribution is -0.158. The van der Waals surface area contributed by atoms with Crippen molar-refractivity contribution in [2.24, 2.45) is 11.8 Å². The molecule has 2 atom stereocenters. The zero-order valence-corrected chi connectivity index (χ0v) is 13.5. The molecular weight excluding hydrogens is 288 g/mol. The summed E-state index contributed by atoms with van der Waals surface area (Å²) in [4.78, 5) is 23.7. The number of aliphatic hydroxyl groups excluding tert-OH is 2. The average molecular weight is 316 g/mol. The lowest BCUT2D eigenvalue weighted by atomic mass is 9.82. The molecule has 22 heavy (non-hydrogen) atoms. The van der Waals surface area contributed by atoms with Crippen LogP contribution in [0, 0.1) is 11.8 Å². The van der Waals surface area contributed by atoms with Crippen LogP contribution in [-0.2, 0) is 19.1 Å². The standard InChI is InChI=1S/C16H28O6/c1-3-13(17)9-21-15(19)11-5-7-12(8-6-11)16(20)22-10-14(18)4-2/h11-14,17-18H,3-10H2,1-2H3/t11-,12+,13?,14?. The van der Waals surface area contributed by atoms with Crippen molar-refractivity contribution in [1.82, 2.24) is 0 Å². The number of hydrogen-bond acceptors (Lipinski definition) is 6. The molecule has 2 unspecified atom stereocenters. The van der Waals surface area contributed by atoms with E-state index in [0.717, 1.165) is 0 Å². The molecule has 6 nitrogen and oxygen atoms in total. The number of ether oxygens (including phenoxy) is 2. The Morgan fingerprint density at radius 1 is 0.864 bits per heavy atom. The molecule has 0 aromatic carbocycles. The predicted octanol–water partition coefficient (Wildman–Crippen LogP) is 1.42. The van der Waals surface area contributed by atoms with Gasteiger partial charge in [-0.1, -0.05) is 13.8 Å². The lowest BCUT2D eigenvalue weighted by Crippen LogP contribution is -2.30. The average Bonchev–Trinajstić information content (AvgIpc) is 2.56. The molecular formula is C16H28O6. The molecule has 1 aliphatic carbocycles. The van der Waals surface area contributed by atoms with Gasteiger partial charge in [0.15, 0.2) is 0 Å². The number of esters is 2. The van der Waals surface area contributed by atoms with Crippen LogP contribution in [0.3, 0.4) is 0 Å². The summed E-state index contributed by atoms with van der Waals surface area (Å²) in [7, 11) is 0. The Hall–Kier alpha value is -1.14. The maximum Gasteiger partial charge on any atom is 0.309 e. The van der Waals surface area contributed by atoms with Crippen molar-refractivity contribution in [3.05, 3.63) is 0 Å². The summed E-state index contributed by atoms with van der Waals surface area (Å²) in [6, 6.07) is 0. The van der Waals surface area contributed by atoms with Crippen molar-refractivity contribution in [1.29, 1.82) is 0 Å². The Labute approximate surface area is 131 Å². The third-order valence-electron chi connectivity index (χ3n) is 4.17. The number of aliphatic hydroxyl groups is 2. The zero-order valence-electron chi connectivity index (χ0n) is 13.5. The fraction of sp³-hybridized carbons (Fsp3) is 0.875. The van der Waals surface area contributed by atoms with Crippen molar-refractivity contribution in [2.45, 2.75) is 64.6 Å². The SMILES string of the molecule is CCC(O)COC(=O)[C@H]1CC[C@@H](C(=O)OCC(O)CC)CC1. The van der Waals surface area contributed by atoms with Crippen molar-refractivity contribution in [3.63, 3.8) is 0 Å². The molecule has 0 heterocycles. The first-order chi connectivity index (χ1) is 10.5. The fourth-order valence-electron chi connectivity index (χ4n) is 2.39. The number of carbonyl (C=O) groups excluding carboxylic acids is 2. The Morgan fingerprint density at radius 2 is 1.18 bits per heavy atom. The number of hydrogen-bond donors (Lipinski definition) is 2. The van der Waals surface area contributed by atoms with Crippen LogP contribution in [0.4, 0.5) is 0 Å². The molecule has 0 aliphatic heterocycles. The second-order valence-corrected chi connectivity index (χ2v) is 5.93. The monoisotopic (exact) mass is 316 g/mol. The molecule has 1 aliphatic rings. The van der Waals surface area contributed by atoms with E-state index in [1.165, 1.54) is 0 Å². The second kappa shape index (κ2) is 9.79. The smallest absolute Gasteiger partial charge is 0.309 e. The third kappa shape index (κ3) is 6.32. The molecule has 0 amide bonds. The maximum atomic E-state index is 11.9. The predicted molar refractivity (Wildman–Crippen MR) is 80.0 cm³/mol. The molecule has 6 heteroatoms. The minimum absolute atomic E-state index is 0.0339. The van der Waals surface area contributed by atoms with Crippen LogP contribution in [0.1, 0.15) is 52.4 Å². The van der Waals surface area contributed by atoms with E-state index in [-0.39, 0.29) is 37.0 Å². The van der Waals surface area contributed by atoms with Crippen LogP contribution < -0.4 is 0 Å². The molecule has 128 valence electrons. The normalized spacial score (nSPS) is 24.4. The van der Waals surface area contributed by atoms with Crippen molar-refractivity contribution >= 4 is 11.9 Å². The summed E-state index contributed by atoms with van der Waals surface area (Å²) in [5.74, 6) is -0.981. The summed E-state index contributed by atoms with van der Waals surface area (Å²) >= 11 is 0. The van der Waals surface area contributed by atoms with Gasteiger partial charge < -0.3 is 19.7 Å². The van der Waals surface area contributed by atoms with Gasteiger partial charge in [0.25, 0.3) is 0 Å². The summed E-state index contributed by atoms with van der Waals surface area (Å²) < 4.78 is 10.2. The quantitative estimate of drug-likeness (QED) is 0.658. The number of rotatable bonds is 8. The summed E-state index contributed by atoms with van der Waals surface area (Å²) in [5, 5.41) is 18.8. The van der Waals surface area contributed by atoms with Gasteiger partial charge >= 0.3 is 11.9 Å². The van der Waals surface area contributed by atoms with E-state index in [4.69, 9.17) is 9.47 Å². The van der Waals surface area contributed by atoms with Crippen LogP contribution in [0.5, 0.6) is 0 Å². The van der Waals surface area contributed by atoms with E-state index in [9.17, 15) is 19.8 Å². The second-order valence-electron chi connectivity index (χ2n) is 5.93. The molecule has 1 saturated carbocycles. The van der Waals surface area contributed by atoms with Gasteiger partial charge in [0.2, 0.25) is 0 Å². The first-order valence-electron chi connectivity index (χ1n) is 8.17. The molecule has 0 bridgehead atoms. The minimum Gasteiger partial charge on any atom is -0.463 e. The molecule has 2 N–H and O–H groups in total. The molecule has 0 radical (unpaired) electrons. The molecule has 1 rings (SSSR count). The van der Waals surface area contributed by atoms with Gasteiger partial charge in [-0.05, 0) is 38.5 Å². The zero-order chi connectivity index (χ0) is 16.5. The first kappa shape index (κ1) is 18.9. The van der Waals surface area contributed by atoms with Crippen LogP contribution in [0.25, 0.3) is 0 Å². The molecule has 0 aromatic rings. The highest BCUT2D eigenvalue weighted by Crippen LogP contribution is 2.30. The Bertz CT molecular complexity index is 315. The van der Waals surface area contributed by atoms with Crippen molar-refractivity contribution in [3.8, 4) is 0 Å². The van der Waals surface area contributed by atoms with Crippen LogP contribution in [-0.4, -0.2) is 47.6 Å². The molecule has 0 aromatic heterocycles. The van der Waals surface area contributed by atoms with Gasteiger partial charge in [0, 0.05) is 0 Å². The highest BCUT2D eigenvalue weighted by molar-refractivity contribution is 5.75. The van der Waals surface area contributed by atoms with Gasteiger partial charge in [-0.2, -0.15) is 0 Å². The Kier molecular flexibility index (Phi) is 8.42. The van der Waals surface area contributed by atoms with Crippen LogP contribution >= 0.6 is 0 Å². The van der Waals surface area contributed by atoms with E-state index in [0.29, 0.717) is 38.5 Å². The highest BCUT2D eigenvalue weighted by atomic mass is 16.5. The summed E-state index contributed by atoms with van der Waals surface area (Å²) in [5.41, 5.74) is 0. The molecule has 1 fully saturated rings. The highest BCUT2D eigenvalue weighted by Gasteiger charge is 2.32. The van der Waals surface area contributed by atoms with Gasteiger partial charge in [0.1, 0.15) is 13.2 Å². The van der Waals surface area contributed by atoms with Crippen LogP contribution in [0.2, 0.25) is 0 Å². The first-order valence-corrected chi connectivity index (χ1v) is 8.17. The Morgan fingerprint density at radius 3 is 1.45 bits per heavy atom. The lowest BCUT2D eigenvalue weighted by Gasteiger charge is -2.26. The van der Waals surface area contributed by atoms with E-state index in [2.05, 4.69) is 0 Å². The van der Waals surface area contributed by atoms with Gasteiger partial charge in [-0.25, -0.2) is 0 Å². The van der Waals surface area contributed by atoms with Crippen molar-refractivity contribution < 1.29 is 29.3 Å². The van der Waals surface area contributed by atoms with E-state index in [1.807, 2.05) is 13.8 Å². The maximum absolute atomic E-state index is 11.9. The topological polar surface area (TPSA) is 93.1 Å². The van der Waals surface area contributed by atoms with E-state index in [1.54, 1.807) is 0 Å².